The fourth-order valence-corrected chi connectivity index (χ4v) is 0.869. The molecule has 1 amide bonds. The summed E-state index contributed by atoms with van der Waals surface area (Å²) in [5.74, 6) is 0.491. The Bertz CT molecular complexity index is 272. The van der Waals surface area contributed by atoms with Crippen molar-refractivity contribution in [1.82, 2.24) is 15.2 Å². The van der Waals surface area contributed by atoms with Crippen LogP contribution in [0.25, 0.3) is 0 Å². The van der Waals surface area contributed by atoms with Crippen LogP contribution >= 0.6 is 15.9 Å². The Balaban J connectivity index is 2.51. The number of hydrogen-bond donors (Lipinski definition) is 2. The Morgan fingerprint density at radius 2 is 2.38 bits per heavy atom. The van der Waals surface area contributed by atoms with Crippen molar-refractivity contribution >= 4 is 27.8 Å². The summed E-state index contributed by atoms with van der Waals surface area (Å²) in [5.41, 5.74) is 0. The molecule has 1 atom stereocenters. The molecule has 1 aromatic heterocycles. The average molecular weight is 247 g/mol. The summed E-state index contributed by atoms with van der Waals surface area (Å²) >= 11 is 3.28. The smallest absolute Gasteiger partial charge is 0.240 e. The quantitative estimate of drug-likeness (QED) is 0.787. The number of carbonyl (C=O) groups excluding carboxylic acids is 1. The minimum Gasteiger partial charge on any atom is -0.294 e. The van der Waals surface area contributed by atoms with Crippen LogP contribution in [-0.4, -0.2) is 25.9 Å². The summed E-state index contributed by atoms with van der Waals surface area (Å²) in [4.78, 5) is 15.0. The van der Waals surface area contributed by atoms with Crippen LogP contribution in [0.15, 0.2) is 6.33 Å². The molecular formula is C7H11BrN4O. The summed E-state index contributed by atoms with van der Waals surface area (Å²) in [6.07, 6.45) is 1.34. The molecule has 0 radical (unpaired) electrons. The van der Waals surface area contributed by atoms with Crippen molar-refractivity contribution in [2.75, 3.05) is 5.32 Å². The number of halogens is 1. The summed E-state index contributed by atoms with van der Waals surface area (Å²) in [6.45, 7) is 3.92. The van der Waals surface area contributed by atoms with E-state index in [1.807, 2.05) is 13.8 Å². The summed E-state index contributed by atoms with van der Waals surface area (Å²) < 4.78 is 0. The van der Waals surface area contributed by atoms with E-state index in [4.69, 9.17) is 0 Å². The molecule has 1 rings (SSSR count). The molecule has 6 heteroatoms. The number of alkyl halides is 1. The van der Waals surface area contributed by atoms with Gasteiger partial charge < -0.3 is 0 Å². The Labute approximate surface area is 84.5 Å². The van der Waals surface area contributed by atoms with Crippen molar-refractivity contribution in [1.29, 1.82) is 0 Å². The lowest BCUT2D eigenvalue weighted by Gasteiger charge is -2.11. The van der Waals surface area contributed by atoms with Gasteiger partial charge in [0.05, 0.1) is 4.83 Å². The first-order valence-corrected chi connectivity index (χ1v) is 4.83. The van der Waals surface area contributed by atoms with Crippen molar-refractivity contribution in [2.24, 2.45) is 5.92 Å². The Morgan fingerprint density at radius 3 is 2.85 bits per heavy atom. The van der Waals surface area contributed by atoms with E-state index in [1.165, 1.54) is 6.33 Å². The van der Waals surface area contributed by atoms with Gasteiger partial charge in [-0.15, -0.1) is 0 Å². The highest BCUT2D eigenvalue weighted by Crippen LogP contribution is 2.13. The zero-order valence-electron chi connectivity index (χ0n) is 7.41. The molecule has 0 aliphatic heterocycles. The van der Waals surface area contributed by atoms with Crippen LogP contribution < -0.4 is 5.32 Å². The van der Waals surface area contributed by atoms with Gasteiger partial charge in [-0.1, -0.05) is 29.8 Å². The van der Waals surface area contributed by atoms with E-state index in [1.54, 1.807) is 0 Å². The van der Waals surface area contributed by atoms with Crippen LogP contribution in [0.2, 0.25) is 0 Å². The molecule has 1 aromatic rings. The van der Waals surface area contributed by atoms with Crippen LogP contribution in [0, 0.1) is 5.92 Å². The molecular weight excluding hydrogens is 236 g/mol. The number of rotatable bonds is 3. The van der Waals surface area contributed by atoms with E-state index in [0.29, 0.717) is 5.95 Å². The second-order valence-corrected chi connectivity index (χ2v) is 3.96. The Morgan fingerprint density at radius 1 is 1.69 bits per heavy atom. The van der Waals surface area contributed by atoms with Gasteiger partial charge in [0.25, 0.3) is 0 Å². The molecule has 72 valence electrons. The zero-order valence-corrected chi connectivity index (χ0v) is 9.00. The first kappa shape index (κ1) is 10.2. The fourth-order valence-electron chi connectivity index (χ4n) is 0.754. The number of hydrogen-bond acceptors (Lipinski definition) is 3. The minimum absolute atomic E-state index is 0.119. The Hall–Kier alpha value is -0.910. The molecule has 1 unspecified atom stereocenters. The monoisotopic (exact) mass is 246 g/mol. The van der Waals surface area contributed by atoms with Gasteiger partial charge >= 0.3 is 0 Å². The second kappa shape index (κ2) is 4.36. The number of anilines is 1. The maximum atomic E-state index is 11.4. The van der Waals surface area contributed by atoms with Crippen LogP contribution in [0.1, 0.15) is 13.8 Å². The van der Waals surface area contributed by atoms with Crippen LogP contribution in [0.5, 0.6) is 0 Å². The van der Waals surface area contributed by atoms with E-state index in [-0.39, 0.29) is 16.7 Å². The van der Waals surface area contributed by atoms with E-state index < -0.39 is 0 Å². The third-order valence-corrected chi connectivity index (χ3v) is 2.97. The first-order valence-electron chi connectivity index (χ1n) is 3.91. The third kappa shape index (κ3) is 2.80. The van der Waals surface area contributed by atoms with E-state index in [2.05, 4.69) is 36.4 Å². The second-order valence-electron chi connectivity index (χ2n) is 2.97. The highest BCUT2D eigenvalue weighted by molar-refractivity contribution is 9.10. The van der Waals surface area contributed by atoms with E-state index in [0.717, 1.165) is 0 Å². The number of amides is 1. The van der Waals surface area contributed by atoms with Gasteiger partial charge in [-0.05, 0) is 5.92 Å². The molecule has 0 saturated carbocycles. The van der Waals surface area contributed by atoms with Gasteiger partial charge in [0, 0.05) is 0 Å². The van der Waals surface area contributed by atoms with Crippen LogP contribution in [0.4, 0.5) is 5.95 Å². The lowest BCUT2D eigenvalue weighted by molar-refractivity contribution is -0.116. The van der Waals surface area contributed by atoms with Crippen LogP contribution in [0.3, 0.4) is 0 Å². The molecule has 1 heterocycles. The van der Waals surface area contributed by atoms with Crippen molar-refractivity contribution in [3.05, 3.63) is 6.33 Å². The molecule has 0 aliphatic carbocycles. The number of nitrogens with one attached hydrogen (secondary N) is 2. The minimum atomic E-state index is -0.211. The molecule has 5 nitrogen and oxygen atoms in total. The fraction of sp³-hybridized carbons (Fsp3) is 0.571. The molecule has 0 aliphatic rings. The Kier molecular flexibility index (Phi) is 3.41. The molecule has 0 bridgehead atoms. The van der Waals surface area contributed by atoms with Gasteiger partial charge in [-0.25, -0.2) is 5.10 Å². The van der Waals surface area contributed by atoms with E-state index >= 15 is 0 Å². The molecule has 0 fully saturated rings. The van der Waals surface area contributed by atoms with E-state index in [9.17, 15) is 4.79 Å². The van der Waals surface area contributed by atoms with Crippen molar-refractivity contribution in [3.8, 4) is 0 Å². The summed E-state index contributed by atoms with van der Waals surface area (Å²) in [7, 11) is 0. The summed E-state index contributed by atoms with van der Waals surface area (Å²) in [5, 5.41) is 8.75. The van der Waals surface area contributed by atoms with Gasteiger partial charge in [-0.2, -0.15) is 10.1 Å². The average Bonchev–Trinajstić information content (AvgIpc) is 2.55. The SMILES string of the molecule is CC(C)C(Br)C(=O)Nc1ncn[nH]1. The molecule has 2 N–H and O–H groups in total. The van der Waals surface area contributed by atoms with Crippen molar-refractivity contribution < 1.29 is 4.79 Å². The van der Waals surface area contributed by atoms with Crippen molar-refractivity contribution in [2.45, 2.75) is 18.7 Å². The number of aromatic nitrogens is 3. The lowest BCUT2D eigenvalue weighted by atomic mass is 10.1. The molecule has 0 spiro atoms. The zero-order chi connectivity index (χ0) is 9.84. The van der Waals surface area contributed by atoms with Gasteiger partial charge in [0.1, 0.15) is 6.33 Å². The predicted octanol–water partition coefficient (Wildman–Crippen LogP) is 1.16. The van der Waals surface area contributed by atoms with Gasteiger partial charge in [0.15, 0.2) is 0 Å². The summed E-state index contributed by atoms with van der Waals surface area (Å²) in [6, 6.07) is 0. The van der Waals surface area contributed by atoms with Crippen LogP contribution in [-0.2, 0) is 4.79 Å². The third-order valence-electron chi connectivity index (χ3n) is 1.49. The van der Waals surface area contributed by atoms with Gasteiger partial charge in [0.2, 0.25) is 11.9 Å². The van der Waals surface area contributed by atoms with Gasteiger partial charge in [-0.3, -0.25) is 10.1 Å². The normalized spacial score (nSPS) is 12.9. The maximum Gasteiger partial charge on any atom is 0.240 e. The van der Waals surface area contributed by atoms with Crippen molar-refractivity contribution in [3.63, 3.8) is 0 Å². The molecule has 0 saturated heterocycles. The highest BCUT2D eigenvalue weighted by Gasteiger charge is 2.19. The topological polar surface area (TPSA) is 70.7 Å². The number of carbonyl (C=O) groups is 1. The first-order chi connectivity index (χ1) is 6.11. The number of H-pyrrole nitrogens is 1. The predicted molar refractivity (Wildman–Crippen MR) is 52.6 cm³/mol. The number of nitrogens with zero attached hydrogens (tertiary/aromatic N) is 2. The number of aromatic amines is 1. The standard InChI is InChI=1S/C7H11BrN4O/c1-4(2)5(8)6(13)11-7-9-3-10-12-7/h3-5H,1-2H3,(H2,9,10,11,12,13). The molecule has 0 aromatic carbocycles. The lowest BCUT2D eigenvalue weighted by Crippen LogP contribution is -2.27. The maximum absolute atomic E-state index is 11.4. The largest absolute Gasteiger partial charge is 0.294 e. The molecule has 13 heavy (non-hydrogen) atoms. The highest BCUT2D eigenvalue weighted by atomic mass is 79.9.